The van der Waals surface area contributed by atoms with Gasteiger partial charge in [-0.2, -0.15) is 0 Å². The highest BCUT2D eigenvalue weighted by atomic mass is 79.9. The third kappa shape index (κ3) is 5.68. The van der Waals surface area contributed by atoms with Crippen LogP contribution in [-0.2, 0) is 0 Å². The molecule has 0 spiro atoms. The second-order valence-corrected chi connectivity index (χ2v) is 6.65. The predicted octanol–water partition coefficient (Wildman–Crippen LogP) is 5.94. The van der Waals surface area contributed by atoms with Crippen molar-refractivity contribution in [3.8, 4) is 11.5 Å². The molecule has 0 saturated carbocycles. The lowest BCUT2D eigenvalue weighted by atomic mass is 10.2. The van der Waals surface area contributed by atoms with Gasteiger partial charge in [-0.15, -0.1) is 0 Å². The molecule has 0 unspecified atom stereocenters. The van der Waals surface area contributed by atoms with Gasteiger partial charge >= 0.3 is 5.97 Å². The fourth-order valence-electron chi connectivity index (χ4n) is 2.29. The van der Waals surface area contributed by atoms with Gasteiger partial charge in [0, 0.05) is 4.47 Å². The summed E-state index contributed by atoms with van der Waals surface area (Å²) in [5.74, 6) is 0.984. The molecule has 0 radical (unpaired) electrons. The van der Waals surface area contributed by atoms with Crippen LogP contribution in [0.5, 0.6) is 11.5 Å². The summed E-state index contributed by atoms with van der Waals surface area (Å²) >= 11 is 3.40. The molecule has 2 rings (SSSR count). The van der Waals surface area contributed by atoms with Gasteiger partial charge in [0.05, 0.1) is 12.2 Å². The van der Waals surface area contributed by atoms with Gasteiger partial charge in [0.1, 0.15) is 11.5 Å². The van der Waals surface area contributed by atoms with E-state index in [1.807, 2.05) is 31.2 Å². The smallest absolute Gasteiger partial charge is 0.343 e. The Hall–Kier alpha value is -1.81. The lowest BCUT2D eigenvalue weighted by Gasteiger charge is -2.09. The van der Waals surface area contributed by atoms with Gasteiger partial charge in [0.15, 0.2) is 0 Å². The zero-order valence-electron chi connectivity index (χ0n) is 14.2. The molecule has 0 aliphatic carbocycles. The van der Waals surface area contributed by atoms with Crippen LogP contribution in [0.4, 0.5) is 0 Å². The molecule has 0 aromatic heterocycles. The molecule has 0 aliphatic heterocycles. The van der Waals surface area contributed by atoms with E-state index in [-0.39, 0.29) is 5.97 Å². The van der Waals surface area contributed by atoms with Crippen LogP contribution in [0.25, 0.3) is 0 Å². The summed E-state index contributed by atoms with van der Waals surface area (Å²) in [5, 5.41) is 0. The molecular formula is C20H23BrO3. The maximum Gasteiger partial charge on any atom is 0.343 e. The van der Waals surface area contributed by atoms with E-state index in [0.717, 1.165) is 22.2 Å². The zero-order valence-corrected chi connectivity index (χ0v) is 15.8. The molecule has 2 aromatic carbocycles. The molecule has 3 nitrogen and oxygen atoms in total. The number of carbonyl (C=O) groups excluding carboxylic acids is 1. The minimum absolute atomic E-state index is 0.366. The molecular weight excluding hydrogens is 368 g/mol. The third-order valence-electron chi connectivity index (χ3n) is 3.70. The number of benzene rings is 2. The minimum Gasteiger partial charge on any atom is -0.494 e. The largest absolute Gasteiger partial charge is 0.494 e. The Bertz CT molecular complexity index is 665. The fourth-order valence-corrected chi connectivity index (χ4v) is 2.77. The number of hydrogen-bond donors (Lipinski definition) is 0. The molecule has 0 saturated heterocycles. The normalized spacial score (nSPS) is 10.5. The molecule has 0 bridgehead atoms. The first-order valence-corrected chi connectivity index (χ1v) is 9.10. The first kappa shape index (κ1) is 18.5. The van der Waals surface area contributed by atoms with E-state index in [1.165, 1.54) is 19.3 Å². The van der Waals surface area contributed by atoms with Crippen LogP contribution < -0.4 is 9.47 Å². The predicted molar refractivity (Wildman–Crippen MR) is 99.9 cm³/mol. The van der Waals surface area contributed by atoms with Crippen LogP contribution in [0.15, 0.2) is 46.9 Å². The number of unbranched alkanes of at least 4 members (excludes halogenated alkanes) is 3. The van der Waals surface area contributed by atoms with Crippen molar-refractivity contribution >= 4 is 21.9 Å². The van der Waals surface area contributed by atoms with Gasteiger partial charge < -0.3 is 9.47 Å². The highest BCUT2D eigenvalue weighted by Gasteiger charge is 2.10. The van der Waals surface area contributed by atoms with Crippen LogP contribution >= 0.6 is 15.9 Å². The molecule has 0 amide bonds. The van der Waals surface area contributed by atoms with Gasteiger partial charge in [-0.3, -0.25) is 0 Å². The molecule has 24 heavy (non-hydrogen) atoms. The Morgan fingerprint density at radius 3 is 2.46 bits per heavy atom. The molecule has 128 valence electrons. The highest BCUT2D eigenvalue weighted by Crippen LogP contribution is 2.23. The van der Waals surface area contributed by atoms with Crippen molar-refractivity contribution in [1.82, 2.24) is 0 Å². The first-order valence-electron chi connectivity index (χ1n) is 8.31. The number of carbonyl (C=O) groups is 1. The summed E-state index contributed by atoms with van der Waals surface area (Å²) in [6.07, 6.45) is 4.70. The van der Waals surface area contributed by atoms with E-state index in [0.29, 0.717) is 17.9 Å². The van der Waals surface area contributed by atoms with Crippen LogP contribution in [0.3, 0.4) is 0 Å². The van der Waals surface area contributed by atoms with Gasteiger partial charge in [0.25, 0.3) is 0 Å². The molecule has 0 heterocycles. The lowest BCUT2D eigenvalue weighted by molar-refractivity contribution is 0.0733. The van der Waals surface area contributed by atoms with Crippen LogP contribution in [0.1, 0.15) is 48.5 Å². The summed E-state index contributed by atoms with van der Waals surface area (Å²) in [6, 6.07) is 12.6. The maximum atomic E-state index is 12.2. The number of esters is 1. The number of ether oxygens (including phenoxy) is 2. The number of aryl methyl sites for hydroxylation is 1. The van der Waals surface area contributed by atoms with Crippen molar-refractivity contribution in [2.24, 2.45) is 0 Å². The zero-order chi connectivity index (χ0) is 17.4. The monoisotopic (exact) mass is 390 g/mol. The topological polar surface area (TPSA) is 35.5 Å². The summed E-state index contributed by atoms with van der Waals surface area (Å²) in [4.78, 5) is 12.2. The third-order valence-corrected chi connectivity index (χ3v) is 4.19. The van der Waals surface area contributed by atoms with E-state index in [2.05, 4.69) is 22.9 Å². The van der Waals surface area contributed by atoms with Crippen molar-refractivity contribution in [1.29, 1.82) is 0 Å². The van der Waals surface area contributed by atoms with Crippen molar-refractivity contribution in [2.45, 2.75) is 39.5 Å². The van der Waals surface area contributed by atoms with Crippen molar-refractivity contribution in [3.63, 3.8) is 0 Å². The minimum atomic E-state index is -0.366. The Kier molecular flexibility index (Phi) is 7.32. The average Bonchev–Trinajstić information content (AvgIpc) is 2.57. The molecule has 2 aromatic rings. The van der Waals surface area contributed by atoms with Gasteiger partial charge in [-0.05, 0) is 61.4 Å². The highest BCUT2D eigenvalue weighted by molar-refractivity contribution is 9.10. The number of rotatable bonds is 8. The van der Waals surface area contributed by atoms with Crippen LogP contribution in [0.2, 0.25) is 0 Å². The van der Waals surface area contributed by atoms with Gasteiger partial charge in [0.2, 0.25) is 0 Å². The Morgan fingerprint density at radius 1 is 1.04 bits per heavy atom. The quantitative estimate of drug-likeness (QED) is 0.318. The molecule has 0 fully saturated rings. The molecule has 4 heteroatoms. The Balaban J connectivity index is 1.89. The summed E-state index contributed by atoms with van der Waals surface area (Å²) in [5.41, 5.74) is 1.42. The first-order chi connectivity index (χ1) is 11.6. The summed E-state index contributed by atoms with van der Waals surface area (Å²) < 4.78 is 12.1. The Labute approximate surface area is 152 Å². The summed E-state index contributed by atoms with van der Waals surface area (Å²) in [6.45, 7) is 4.80. The Morgan fingerprint density at radius 2 is 1.79 bits per heavy atom. The summed E-state index contributed by atoms with van der Waals surface area (Å²) in [7, 11) is 0. The van der Waals surface area contributed by atoms with E-state index in [4.69, 9.17) is 9.47 Å². The number of hydrogen-bond acceptors (Lipinski definition) is 3. The van der Waals surface area contributed by atoms with Crippen LogP contribution in [0, 0.1) is 6.92 Å². The second kappa shape index (κ2) is 9.48. The van der Waals surface area contributed by atoms with E-state index >= 15 is 0 Å². The van der Waals surface area contributed by atoms with Crippen LogP contribution in [-0.4, -0.2) is 12.6 Å². The fraction of sp³-hybridized carbons (Fsp3) is 0.350. The van der Waals surface area contributed by atoms with Gasteiger partial charge in [-0.25, -0.2) is 4.79 Å². The van der Waals surface area contributed by atoms with Crippen molar-refractivity contribution < 1.29 is 14.3 Å². The maximum absolute atomic E-state index is 12.2. The van der Waals surface area contributed by atoms with E-state index < -0.39 is 0 Å². The molecule has 0 atom stereocenters. The lowest BCUT2D eigenvalue weighted by Crippen LogP contribution is -2.09. The van der Waals surface area contributed by atoms with Crippen molar-refractivity contribution in [3.05, 3.63) is 58.1 Å². The standard InChI is InChI=1S/C20H23BrO3/c1-3-4-5-6-13-23-18-10-7-16(8-11-18)20(22)24-19-12-9-17(21)14-15(19)2/h7-12,14H,3-6,13H2,1-2H3. The molecule has 0 N–H and O–H groups in total. The van der Waals surface area contributed by atoms with Crippen molar-refractivity contribution in [2.75, 3.05) is 6.61 Å². The van der Waals surface area contributed by atoms with E-state index in [9.17, 15) is 4.79 Å². The van der Waals surface area contributed by atoms with Gasteiger partial charge in [-0.1, -0.05) is 42.1 Å². The SMILES string of the molecule is CCCCCCOc1ccc(C(=O)Oc2ccc(Br)cc2C)cc1. The second-order valence-electron chi connectivity index (χ2n) is 5.73. The molecule has 0 aliphatic rings. The average molecular weight is 391 g/mol. The van der Waals surface area contributed by atoms with E-state index in [1.54, 1.807) is 18.2 Å². The number of halogens is 1.